The van der Waals surface area contributed by atoms with Gasteiger partial charge in [-0.2, -0.15) is 5.26 Å². The molecule has 0 amide bonds. The standard InChI is InChI=1S/C15H22N2O/c1-12-13(17)7-6-8-14(12)18-10-5-4-9-15(2,3)11-16/h6-8H,4-5,9-10,17H2,1-3H3. The first-order valence-electron chi connectivity index (χ1n) is 6.35. The van der Waals surface area contributed by atoms with Crippen molar-refractivity contribution in [3.8, 4) is 11.8 Å². The van der Waals surface area contributed by atoms with Crippen molar-refractivity contribution < 1.29 is 4.74 Å². The van der Waals surface area contributed by atoms with Gasteiger partial charge in [0.25, 0.3) is 0 Å². The molecule has 3 heteroatoms. The van der Waals surface area contributed by atoms with Crippen LogP contribution in [0, 0.1) is 23.7 Å². The number of nitrogen functional groups attached to an aromatic ring is 1. The Kier molecular flexibility index (Phi) is 5.03. The van der Waals surface area contributed by atoms with Crippen molar-refractivity contribution >= 4 is 5.69 Å². The highest BCUT2D eigenvalue weighted by Crippen LogP contribution is 2.24. The molecule has 98 valence electrons. The zero-order valence-electron chi connectivity index (χ0n) is 11.5. The van der Waals surface area contributed by atoms with Gasteiger partial charge in [0.15, 0.2) is 0 Å². The molecule has 1 aromatic rings. The van der Waals surface area contributed by atoms with Crippen molar-refractivity contribution in [3.05, 3.63) is 23.8 Å². The molecule has 0 radical (unpaired) electrons. The molecule has 0 aliphatic carbocycles. The van der Waals surface area contributed by atoms with Gasteiger partial charge in [-0.05, 0) is 52.2 Å². The summed E-state index contributed by atoms with van der Waals surface area (Å²) in [5.74, 6) is 0.856. The molecule has 0 aliphatic heterocycles. The van der Waals surface area contributed by atoms with Crippen molar-refractivity contribution in [3.63, 3.8) is 0 Å². The Bertz CT molecular complexity index is 433. The number of rotatable bonds is 6. The molecule has 0 atom stereocenters. The molecule has 0 bridgehead atoms. The number of benzene rings is 1. The molecule has 2 N–H and O–H groups in total. The highest BCUT2D eigenvalue weighted by molar-refractivity contribution is 5.53. The van der Waals surface area contributed by atoms with Gasteiger partial charge in [0.1, 0.15) is 5.75 Å². The molecule has 18 heavy (non-hydrogen) atoms. The van der Waals surface area contributed by atoms with E-state index in [2.05, 4.69) is 6.07 Å². The van der Waals surface area contributed by atoms with Crippen molar-refractivity contribution in [1.82, 2.24) is 0 Å². The van der Waals surface area contributed by atoms with E-state index in [4.69, 9.17) is 15.7 Å². The van der Waals surface area contributed by atoms with E-state index in [1.54, 1.807) is 0 Å². The molecule has 0 heterocycles. The maximum Gasteiger partial charge on any atom is 0.124 e. The van der Waals surface area contributed by atoms with Crippen LogP contribution in [-0.4, -0.2) is 6.61 Å². The minimum atomic E-state index is -0.229. The van der Waals surface area contributed by atoms with Crippen LogP contribution in [0.15, 0.2) is 18.2 Å². The van der Waals surface area contributed by atoms with Crippen molar-refractivity contribution in [2.45, 2.75) is 40.0 Å². The summed E-state index contributed by atoms with van der Waals surface area (Å²) in [6.07, 6.45) is 2.87. The van der Waals surface area contributed by atoms with Crippen LogP contribution in [0.25, 0.3) is 0 Å². The molecule has 0 saturated carbocycles. The summed E-state index contributed by atoms with van der Waals surface area (Å²) in [6, 6.07) is 8.02. The van der Waals surface area contributed by atoms with Crippen LogP contribution in [-0.2, 0) is 0 Å². The van der Waals surface area contributed by atoms with Gasteiger partial charge in [-0.1, -0.05) is 6.07 Å². The summed E-state index contributed by atoms with van der Waals surface area (Å²) >= 11 is 0. The molecule has 0 aromatic heterocycles. The fourth-order valence-electron chi connectivity index (χ4n) is 1.69. The Labute approximate surface area is 110 Å². The normalized spacial score (nSPS) is 11.0. The monoisotopic (exact) mass is 246 g/mol. The lowest BCUT2D eigenvalue weighted by Crippen LogP contribution is -2.08. The maximum absolute atomic E-state index is 8.90. The van der Waals surface area contributed by atoms with E-state index in [9.17, 15) is 0 Å². The minimum Gasteiger partial charge on any atom is -0.493 e. The maximum atomic E-state index is 8.90. The van der Waals surface area contributed by atoms with Gasteiger partial charge >= 0.3 is 0 Å². The van der Waals surface area contributed by atoms with Gasteiger partial charge in [-0.15, -0.1) is 0 Å². The second kappa shape index (κ2) is 6.30. The van der Waals surface area contributed by atoms with Crippen molar-refractivity contribution in [2.75, 3.05) is 12.3 Å². The summed E-state index contributed by atoms with van der Waals surface area (Å²) in [7, 11) is 0. The molecular formula is C15H22N2O. The SMILES string of the molecule is Cc1c(N)cccc1OCCCCC(C)(C)C#N. The highest BCUT2D eigenvalue weighted by Gasteiger charge is 2.15. The van der Waals surface area contributed by atoms with Gasteiger partial charge in [-0.3, -0.25) is 0 Å². The Morgan fingerprint density at radius 2 is 2.06 bits per heavy atom. The fourth-order valence-corrected chi connectivity index (χ4v) is 1.69. The Hall–Kier alpha value is -1.69. The number of nitrogens with two attached hydrogens (primary N) is 1. The highest BCUT2D eigenvalue weighted by atomic mass is 16.5. The molecule has 3 nitrogen and oxygen atoms in total. The second-order valence-electron chi connectivity index (χ2n) is 5.27. The minimum absolute atomic E-state index is 0.229. The van der Waals surface area contributed by atoms with E-state index in [-0.39, 0.29) is 5.41 Å². The second-order valence-corrected chi connectivity index (χ2v) is 5.27. The Balaban J connectivity index is 2.31. The average molecular weight is 246 g/mol. The van der Waals surface area contributed by atoms with E-state index >= 15 is 0 Å². The van der Waals surface area contributed by atoms with Gasteiger partial charge in [0.2, 0.25) is 0 Å². The Morgan fingerprint density at radius 1 is 1.33 bits per heavy atom. The number of nitrogens with zero attached hydrogens (tertiary/aromatic N) is 1. The third-order valence-electron chi connectivity index (χ3n) is 3.08. The number of nitriles is 1. The van der Waals surface area contributed by atoms with E-state index in [1.807, 2.05) is 39.0 Å². The van der Waals surface area contributed by atoms with Crippen molar-refractivity contribution in [1.29, 1.82) is 5.26 Å². The smallest absolute Gasteiger partial charge is 0.124 e. The molecular weight excluding hydrogens is 224 g/mol. The lowest BCUT2D eigenvalue weighted by Gasteiger charge is -2.15. The summed E-state index contributed by atoms with van der Waals surface area (Å²) in [5.41, 5.74) is 7.34. The molecule has 1 rings (SSSR count). The molecule has 0 fully saturated rings. The van der Waals surface area contributed by atoms with E-state index in [0.29, 0.717) is 6.61 Å². The van der Waals surface area contributed by atoms with Crippen LogP contribution in [0.1, 0.15) is 38.7 Å². The van der Waals surface area contributed by atoms with E-state index in [1.165, 1.54) is 0 Å². The molecule has 0 unspecified atom stereocenters. The fraction of sp³-hybridized carbons (Fsp3) is 0.533. The van der Waals surface area contributed by atoms with Gasteiger partial charge < -0.3 is 10.5 Å². The number of anilines is 1. The Morgan fingerprint density at radius 3 is 2.72 bits per heavy atom. The van der Waals surface area contributed by atoms with E-state index < -0.39 is 0 Å². The first-order chi connectivity index (χ1) is 8.46. The quantitative estimate of drug-likeness (QED) is 0.615. The average Bonchev–Trinajstić information content (AvgIpc) is 2.34. The van der Waals surface area contributed by atoms with Gasteiger partial charge in [0, 0.05) is 11.3 Å². The molecule has 0 aliphatic rings. The number of ether oxygens (including phenoxy) is 1. The first-order valence-corrected chi connectivity index (χ1v) is 6.35. The zero-order chi connectivity index (χ0) is 13.6. The van der Waals surface area contributed by atoms with Crippen LogP contribution in [0.5, 0.6) is 5.75 Å². The van der Waals surface area contributed by atoms with Crippen LogP contribution < -0.4 is 10.5 Å². The largest absolute Gasteiger partial charge is 0.493 e. The zero-order valence-corrected chi connectivity index (χ0v) is 11.5. The predicted octanol–water partition coefficient (Wildman–Crippen LogP) is 3.68. The van der Waals surface area contributed by atoms with Crippen LogP contribution in [0.3, 0.4) is 0 Å². The van der Waals surface area contributed by atoms with Crippen LogP contribution in [0.2, 0.25) is 0 Å². The third kappa shape index (κ3) is 4.29. The summed E-state index contributed by atoms with van der Waals surface area (Å²) < 4.78 is 5.70. The first kappa shape index (κ1) is 14.4. The third-order valence-corrected chi connectivity index (χ3v) is 3.08. The molecule has 1 aromatic carbocycles. The summed E-state index contributed by atoms with van der Waals surface area (Å²) in [6.45, 7) is 6.57. The lowest BCUT2D eigenvalue weighted by atomic mass is 9.89. The summed E-state index contributed by atoms with van der Waals surface area (Å²) in [5, 5.41) is 8.90. The van der Waals surface area contributed by atoms with Gasteiger partial charge in [0.05, 0.1) is 18.1 Å². The number of hydrogen-bond acceptors (Lipinski definition) is 3. The van der Waals surface area contributed by atoms with E-state index in [0.717, 1.165) is 36.3 Å². The van der Waals surface area contributed by atoms with Crippen LogP contribution >= 0.6 is 0 Å². The predicted molar refractivity (Wildman–Crippen MR) is 74.3 cm³/mol. The van der Waals surface area contributed by atoms with Crippen molar-refractivity contribution in [2.24, 2.45) is 5.41 Å². The topological polar surface area (TPSA) is 59.0 Å². The number of unbranched alkanes of at least 4 members (excludes halogenated alkanes) is 1. The molecule has 0 spiro atoms. The van der Waals surface area contributed by atoms with Gasteiger partial charge in [-0.25, -0.2) is 0 Å². The molecule has 0 saturated heterocycles. The number of hydrogen-bond donors (Lipinski definition) is 1. The van der Waals surface area contributed by atoms with Crippen LogP contribution in [0.4, 0.5) is 5.69 Å². The summed E-state index contributed by atoms with van der Waals surface area (Å²) in [4.78, 5) is 0. The lowest BCUT2D eigenvalue weighted by molar-refractivity contribution is 0.293.